The van der Waals surface area contributed by atoms with Gasteiger partial charge in [0.2, 0.25) is 5.78 Å². The second kappa shape index (κ2) is 5.01. The van der Waals surface area contributed by atoms with Crippen LogP contribution in [0.4, 0.5) is 0 Å². The minimum atomic E-state index is 0.0118. The Labute approximate surface area is 118 Å². The van der Waals surface area contributed by atoms with Gasteiger partial charge in [0.25, 0.3) is 0 Å². The summed E-state index contributed by atoms with van der Waals surface area (Å²) in [4.78, 5) is 15.5. The van der Waals surface area contributed by atoms with Crippen LogP contribution in [-0.2, 0) is 6.61 Å². The molecule has 0 N–H and O–H groups in total. The number of pyridine rings is 1. The molecule has 19 heavy (non-hydrogen) atoms. The number of Topliss-reactive ketones (excluding diaryl/α,β-unsaturated/α-hetero) is 1. The standard InChI is InChI=1S/C14H10BrNO3/c15-10-3-9(5-16-6-10)7-18-11-1-2-12-13(17)8-19-14(12)4-11/h1-6H,7-8H2. The van der Waals surface area contributed by atoms with Gasteiger partial charge in [0.1, 0.15) is 18.1 Å². The molecule has 1 aliphatic rings. The summed E-state index contributed by atoms with van der Waals surface area (Å²) in [7, 11) is 0. The number of rotatable bonds is 3. The van der Waals surface area contributed by atoms with Gasteiger partial charge in [-0.2, -0.15) is 0 Å². The van der Waals surface area contributed by atoms with Crippen LogP contribution in [0.1, 0.15) is 15.9 Å². The van der Waals surface area contributed by atoms with E-state index in [9.17, 15) is 4.79 Å². The number of carbonyl (C=O) groups excluding carboxylic acids is 1. The number of ketones is 1. The molecule has 1 aliphatic heterocycles. The van der Waals surface area contributed by atoms with Gasteiger partial charge in [0.05, 0.1) is 5.56 Å². The van der Waals surface area contributed by atoms with Crippen LogP contribution in [-0.4, -0.2) is 17.4 Å². The van der Waals surface area contributed by atoms with Crippen molar-refractivity contribution in [2.75, 3.05) is 6.61 Å². The smallest absolute Gasteiger partial charge is 0.203 e. The van der Waals surface area contributed by atoms with Gasteiger partial charge in [-0.1, -0.05) is 0 Å². The van der Waals surface area contributed by atoms with Crippen LogP contribution in [0, 0.1) is 0 Å². The Balaban J connectivity index is 1.73. The zero-order valence-electron chi connectivity index (χ0n) is 9.93. The highest BCUT2D eigenvalue weighted by Gasteiger charge is 2.21. The fourth-order valence-corrected chi connectivity index (χ4v) is 2.28. The first-order chi connectivity index (χ1) is 9.22. The van der Waals surface area contributed by atoms with Crippen molar-refractivity contribution in [2.45, 2.75) is 6.61 Å². The average Bonchev–Trinajstić information content (AvgIpc) is 2.78. The van der Waals surface area contributed by atoms with Crippen LogP contribution in [0.2, 0.25) is 0 Å². The van der Waals surface area contributed by atoms with Crippen molar-refractivity contribution in [3.05, 3.63) is 52.3 Å². The van der Waals surface area contributed by atoms with E-state index < -0.39 is 0 Å². The van der Waals surface area contributed by atoms with Gasteiger partial charge in [0, 0.05) is 28.5 Å². The fourth-order valence-electron chi connectivity index (χ4n) is 1.86. The minimum absolute atomic E-state index is 0.0118. The molecule has 2 aromatic rings. The van der Waals surface area contributed by atoms with Crippen LogP contribution in [0.5, 0.6) is 11.5 Å². The van der Waals surface area contributed by atoms with Gasteiger partial charge in [-0.3, -0.25) is 9.78 Å². The first-order valence-corrected chi connectivity index (χ1v) is 6.54. The Morgan fingerprint density at radius 2 is 2.21 bits per heavy atom. The Morgan fingerprint density at radius 1 is 1.32 bits per heavy atom. The maximum atomic E-state index is 11.4. The number of carbonyl (C=O) groups is 1. The average molecular weight is 320 g/mol. The van der Waals surface area contributed by atoms with Gasteiger partial charge >= 0.3 is 0 Å². The van der Waals surface area contributed by atoms with Crippen molar-refractivity contribution < 1.29 is 14.3 Å². The SMILES string of the molecule is O=C1COc2cc(OCc3cncc(Br)c3)ccc21. The van der Waals surface area contributed by atoms with Gasteiger partial charge in [-0.15, -0.1) is 0 Å². The van der Waals surface area contributed by atoms with Crippen LogP contribution in [0.15, 0.2) is 41.1 Å². The summed E-state index contributed by atoms with van der Waals surface area (Å²) in [6, 6.07) is 7.20. The Bertz CT molecular complexity index is 642. The third kappa shape index (κ3) is 2.61. The summed E-state index contributed by atoms with van der Waals surface area (Å²) in [5, 5.41) is 0. The Hall–Kier alpha value is -1.88. The van der Waals surface area contributed by atoms with Crippen LogP contribution < -0.4 is 9.47 Å². The van der Waals surface area contributed by atoms with Gasteiger partial charge in [0.15, 0.2) is 6.61 Å². The van der Waals surface area contributed by atoms with E-state index in [0.29, 0.717) is 23.7 Å². The predicted molar refractivity (Wildman–Crippen MR) is 72.5 cm³/mol. The molecule has 3 rings (SSSR count). The van der Waals surface area contributed by atoms with Gasteiger partial charge in [-0.05, 0) is 34.1 Å². The van der Waals surface area contributed by atoms with Crippen molar-refractivity contribution in [3.8, 4) is 11.5 Å². The largest absolute Gasteiger partial charge is 0.489 e. The molecule has 2 heterocycles. The zero-order chi connectivity index (χ0) is 13.2. The maximum absolute atomic E-state index is 11.4. The van der Waals surface area contributed by atoms with E-state index in [0.717, 1.165) is 10.0 Å². The lowest BCUT2D eigenvalue weighted by Gasteiger charge is -2.07. The van der Waals surface area contributed by atoms with Crippen LogP contribution in [0.3, 0.4) is 0 Å². The number of halogens is 1. The topological polar surface area (TPSA) is 48.4 Å². The Kier molecular flexibility index (Phi) is 3.21. The Morgan fingerprint density at radius 3 is 3.05 bits per heavy atom. The van der Waals surface area contributed by atoms with Crippen molar-refractivity contribution >= 4 is 21.7 Å². The molecule has 0 amide bonds. The number of ether oxygens (including phenoxy) is 2. The third-order valence-electron chi connectivity index (χ3n) is 2.78. The second-order valence-electron chi connectivity index (χ2n) is 4.17. The quantitative estimate of drug-likeness (QED) is 0.872. The summed E-state index contributed by atoms with van der Waals surface area (Å²) < 4.78 is 11.8. The number of nitrogens with zero attached hydrogens (tertiary/aromatic N) is 1. The van der Waals surface area contributed by atoms with E-state index in [4.69, 9.17) is 9.47 Å². The van der Waals surface area contributed by atoms with Crippen molar-refractivity contribution in [3.63, 3.8) is 0 Å². The first-order valence-electron chi connectivity index (χ1n) is 5.74. The maximum Gasteiger partial charge on any atom is 0.203 e. The van der Waals surface area contributed by atoms with E-state index in [2.05, 4.69) is 20.9 Å². The highest BCUT2D eigenvalue weighted by Crippen LogP contribution is 2.29. The summed E-state index contributed by atoms with van der Waals surface area (Å²) in [5.41, 5.74) is 1.59. The normalized spacial score (nSPS) is 13.0. The molecule has 96 valence electrons. The number of benzene rings is 1. The molecule has 0 atom stereocenters. The molecule has 0 bridgehead atoms. The molecule has 0 saturated heterocycles. The zero-order valence-corrected chi connectivity index (χ0v) is 11.5. The van der Waals surface area contributed by atoms with E-state index in [1.54, 1.807) is 30.6 Å². The molecule has 5 heteroatoms. The second-order valence-corrected chi connectivity index (χ2v) is 5.09. The molecule has 0 unspecified atom stereocenters. The highest BCUT2D eigenvalue weighted by molar-refractivity contribution is 9.10. The number of hydrogen-bond donors (Lipinski definition) is 0. The molecule has 4 nitrogen and oxygen atoms in total. The van der Waals surface area contributed by atoms with Crippen LogP contribution in [0.25, 0.3) is 0 Å². The summed E-state index contributed by atoms with van der Waals surface area (Å²) in [6.45, 7) is 0.535. The number of aromatic nitrogens is 1. The van der Waals surface area contributed by atoms with E-state index in [1.165, 1.54) is 0 Å². The first kappa shape index (κ1) is 12.2. The molecule has 1 aromatic heterocycles. The lowest BCUT2D eigenvalue weighted by Crippen LogP contribution is -1.98. The van der Waals surface area contributed by atoms with E-state index >= 15 is 0 Å². The number of fused-ring (bicyclic) bond motifs is 1. The molecule has 0 spiro atoms. The van der Waals surface area contributed by atoms with Crippen LogP contribution >= 0.6 is 15.9 Å². The molecular formula is C14H10BrNO3. The van der Waals surface area contributed by atoms with Gasteiger partial charge < -0.3 is 9.47 Å². The summed E-state index contributed by atoms with van der Waals surface area (Å²) in [5.74, 6) is 1.28. The van der Waals surface area contributed by atoms with Crippen molar-refractivity contribution in [2.24, 2.45) is 0 Å². The molecular weight excluding hydrogens is 310 g/mol. The third-order valence-corrected chi connectivity index (χ3v) is 3.21. The monoisotopic (exact) mass is 319 g/mol. The highest BCUT2D eigenvalue weighted by atomic mass is 79.9. The molecule has 0 saturated carbocycles. The molecule has 0 radical (unpaired) electrons. The molecule has 0 aliphatic carbocycles. The molecule has 0 fully saturated rings. The van der Waals surface area contributed by atoms with Gasteiger partial charge in [-0.25, -0.2) is 0 Å². The lowest BCUT2D eigenvalue weighted by molar-refractivity contribution is 0.0961. The fraction of sp³-hybridized carbons (Fsp3) is 0.143. The lowest BCUT2D eigenvalue weighted by atomic mass is 10.1. The van der Waals surface area contributed by atoms with E-state index in [1.807, 2.05) is 6.07 Å². The van der Waals surface area contributed by atoms with Crippen molar-refractivity contribution in [1.29, 1.82) is 0 Å². The van der Waals surface area contributed by atoms with Crippen molar-refractivity contribution in [1.82, 2.24) is 4.98 Å². The van der Waals surface area contributed by atoms with E-state index in [-0.39, 0.29) is 12.4 Å². The predicted octanol–water partition coefficient (Wildman–Crippen LogP) is 3.00. The number of hydrogen-bond acceptors (Lipinski definition) is 4. The summed E-state index contributed by atoms with van der Waals surface area (Å²) in [6.07, 6.45) is 3.47. The summed E-state index contributed by atoms with van der Waals surface area (Å²) >= 11 is 3.36. The minimum Gasteiger partial charge on any atom is -0.489 e. The molecule has 1 aromatic carbocycles.